The number of carbonyl (C=O) groups excluding carboxylic acids is 1. The SMILES string of the molecule is CN(C(=O)c1ccc(CN=[N+]=[N-])o1)C1CCC1. The van der Waals surface area contributed by atoms with Crippen LogP contribution in [0.1, 0.15) is 35.6 Å². The fourth-order valence-corrected chi connectivity index (χ4v) is 1.79. The van der Waals surface area contributed by atoms with Crippen LogP contribution in [0.3, 0.4) is 0 Å². The number of hydrogen-bond acceptors (Lipinski definition) is 3. The lowest BCUT2D eigenvalue weighted by molar-refractivity contribution is 0.0618. The number of furan rings is 1. The smallest absolute Gasteiger partial charge is 0.289 e. The number of nitrogens with zero attached hydrogens (tertiary/aromatic N) is 4. The van der Waals surface area contributed by atoms with Gasteiger partial charge in [-0.15, -0.1) is 0 Å². The van der Waals surface area contributed by atoms with Gasteiger partial charge in [0.05, 0.1) is 6.54 Å². The van der Waals surface area contributed by atoms with Crippen LogP contribution in [0.4, 0.5) is 0 Å². The molecule has 1 aliphatic carbocycles. The van der Waals surface area contributed by atoms with Gasteiger partial charge in [0, 0.05) is 18.0 Å². The monoisotopic (exact) mass is 234 g/mol. The molecule has 17 heavy (non-hydrogen) atoms. The van der Waals surface area contributed by atoms with Crippen molar-refractivity contribution < 1.29 is 9.21 Å². The summed E-state index contributed by atoms with van der Waals surface area (Å²) in [6, 6.07) is 3.63. The predicted molar refractivity (Wildman–Crippen MR) is 61.3 cm³/mol. The quantitative estimate of drug-likeness (QED) is 0.456. The molecule has 1 aromatic rings. The van der Waals surface area contributed by atoms with Crippen LogP contribution in [0, 0.1) is 0 Å². The van der Waals surface area contributed by atoms with Crippen LogP contribution in [0.25, 0.3) is 10.4 Å². The zero-order valence-corrected chi connectivity index (χ0v) is 9.67. The fourth-order valence-electron chi connectivity index (χ4n) is 1.79. The normalized spacial score (nSPS) is 14.9. The summed E-state index contributed by atoms with van der Waals surface area (Å²) in [4.78, 5) is 16.4. The van der Waals surface area contributed by atoms with Gasteiger partial charge in [0.2, 0.25) is 0 Å². The van der Waals surface area contributed by atoms with E-state index >= 15 is 0 Å². The standard InChI is InChI=1S/C11H14N4O2/c1-15(8-3-2-4-8)11(16)10-6-5-9(17-10)7-13-14-12/h5-6,8H,2-4,7H2,1H3. The fraction of sp³-hybridized carbons (Fsp3) is 0.545. The van der Waals surface area contributed by atoms with E-state index in [1.807, 2.05) is 0 Å². The molecule has 0 spiro atoms. The lowest BCUT2D eigenvalue weighted by Crippen LogP contribution is -2.41. The summed E-state index contributed by atoms with van der Waals surface area (Å²) < 4.78 is 5.33. The van der Waals surface area contributed by atoms with Gasteiger partial charge in [-0.25, -0.2) is 0 Å². The first-order valence-electron chi connectivity index (χ1n) is 5.59. The van der Waals surface area contributed by atoms with Gasteiger partial charge in [0.25, 0.3) is 5.91 Å². The molecule has 2 rings (SSSR count). The molecule has 6 heteroatoms. The number of amides is 1. The molecule has 1 fully saturated rings. The van der Waals surface area contributed by atoms with Crippen LogP contribution < -0.4 is 0 Å². The summed E-state index contributed by atoms with van der Waals surface area (Å²) >= 11 is 0. The Balaban J connectivity index is 2.03. The molecule has 1 aliphatic rings. The number of rotatable bonds is 4. The highest BCUT2D eigenvalue weighted by molar-refractivity contribution is 5.91. The van der Waals surface area contributed by atoms with Crippen LogP contribution in [-0.4, -0.2) is 23.9 Å². The Hall–Kier alpha value is -1.94. The third kappa shape index (κ3) is 2.42. The maximum Gasteiger partial charge on any atom is 0.289 e. The van der Waals surface area contributed by atoms with Crippen molar-refractivity contribution in [2.45, 2.75) is 31.8 Å². The van der Waals surface area contributed by atoms with E-state index in [1.165, 1.54) is 6.42 Å². The molecule has 1 heterocycles. The molecule has 0 radical (unpaired) electrons. The average Bonchev–Trinajstić information content (AvgIpc) is 2.71. The van der Waals surface area contributed by atoms with Crippen molar-refractivity contribution in [3.63, 3.8) is 0 Å². The first-order chi connectivity index (χ1) is 8.22. The highest BCUT2D eigenvalue weighted by atomic mass is 16.4. The minimum Gasteiger partial charge on any atom is -0.456 e. The molecule has 0 unspecified atom stereocenters. The van der Waals surface area contributed by atoms with Crippen molar-refractivity contribution >= 4 is 5.91 Å². The van der Waals surface area contributed by atoms with Crippen LogP contribution >= 0.6 is 0 Å². The molecule has 1 aromatic heterocycles. The van der Waals surface area contributed by atoms with E-state index < -0.39 is 0 Å². The van der Waals surface area contributed by atoms with Gasteiger partial charge in [-0.1, -0.05) is 5.11 Å². The molecule has 0 bridgehead atoms. The maximum atomic E-state index is 12.0. The Morgan fingerprint density at radius 2 is 2.41 bits per heavy atom. The minimum atomic E-state index is -0.109. The van der Waals surface area contributed by atoms with E-state index in [1.54, 1.807) is 24.1 Å². The lowest BCUT2D eigenvalue weighted by Gasteiger charge is -2.34. The van der Waals surface area contributed by atoms with Gasteiger partial charge in [0.15, 0.2) is 5.76 Å². The van der Waals surface area contributed by atoms with E-state index in [9.17, 15) is 4.79 Å². The topological polar surface area (TPSA) is 82.2 Å². The summed E-state index contributed by atoms with van der Waals surface area (Å²) in [5, 5.41) is 3.38. The van der Waals surface area contributed by atoms with Crippen LogP contribution in [0.5, 0.6) is 0 Å². The molecule has 90 valence electrons. The number of hydrogen-bond donors (Lipinski definition) is 0. The Kier molecular flexibility index (Phi) is 3.35. The zero-order chi connectivity index (χ0) is 12.3. The second-order valence-electron chi connectivity index (χ2n) is 4.16. The van der Waals surface area contributed by atoms with E-state index in [0.29, 0.717) is 17.6 Å². The molecule has 1 amide bonds. The van der Waals surface area contributed by atoms with Gasteiger partial charge >= 0.3 is 0 Å². The summed E-state index contributed by atoms with van der Waals surface area (Å²) in [5.41, 5.74) is 8.19. The van der Waals surface area contributed by atoms with Crippen LogP contribution in [0.15, 0.2) is 21.7 Å². The van der Waals surface area contributed by atoms with Crippen LogP contribution in [0.2, 0.25) is 0 Å². The van der Waals surface area contributed by atoms with E-state index in [4.69, 9.17) is 9.95 Å². The Labute approximate surface area is 98.8 Å². The van der Waals surface area contributed by atoms with Crippen LogP contribution in [-0.2, 0) is 6.54 Å². The molecule has 0 saturated heterocycles. The maximum absolute atomic E-state index is 12.0. The molecular weight excluding hydrogens is 220 g/mol. The molecule has 1 saturated carbocycles. The van der Waals surface area contributed by atoms with Gasteiger partial charge < -0.3 is 9.32 Å². The number of carbonyl (C=O) groups is 1. The Bertz CT molecular complexity index is 458. The zero-order valence-electron chi connectivity index (χ0n) is 9.67. The summed E-state index contributed by atoms with van der Waals surface area (Å²) in [5.74, 6) is 0.706. The molecule has 6 nitrogen and oxygen atoms in total. The van der Waals surface area contributed by atoms with Crippen molar-refractivity contribution in [2.24, 2.45) is 5.11 Å². The van der Waals surface area contributed by atoms with E-state index in [2.05, 4.69) is 10.0 Å². The van der Waals surface area contributed by atoms with Gasteiger partial charge in [0.1, 0.15) is 5.76 Å². The molecule has 0 aromatic carbocycles. The average molecular weight is 234 g/mol. The van der Waals surface area contributed by atoms with Gasteiger partial charge in [-0.3, -0.25) is 4.79 Å². The molecular formula is C11H14N4O2. The van der Waals surface area contributed by atoms with Crippen molar-refractivity contribution in [2.75, 3.05) is 7.05 Å². The highest BCUT2D eigenvalue weighted by Gasteiger charge is 2.27. The second-order valence-corrected chi connectivity index (χ2v) is 4.16. The second kappa shape index (κ2) is 4.93. The van der Waals surface area contributed by atoms with E-state index in [-0.39, 0.29) is 12.5 Å². The third-order valence-corrected chi connectivity index (χ3v) is 3.10. The van der Waals surface area contributed by atoms with Crippen molar-refractivity contribution in [3.05, 3.63) is 34.1 Å². The molecule has 0 atom stereocenters. The van der Waals surface area contributed by atoms with Gasteiger partial charge in [-0.05, 0) is 36.9 Å². The van der Waals surface area contributed by atoms with Crippen molar-refractivity contribution in [3.8, 4) is 0 Å². The Morgan fingerprint density at radius 1 is 1.65 bits per heavy atom. The predicted octanol–water partition coefficient (Wildman–Crippen LogP) is 2.71. The van der Waals surface area contributed by atoms with Crippen molar-refractivity contribution in [1.29, 1.82) is 0 Å². The van der Waals surface area contributed by atoms with Crippen molar-refractivity contribution in [1.82, 2.24) is 4.90 Å². The van der Waals surface area contributed by atoms with E-state index in [0.717, 1.165) is 12.8 Å². The largest absolute Gasteiger partial charge is 0.456 e. The summed E-state index contributed by atoms with van der Waals surface area (Å²) in [6.07, 6.45) is 3.31. The molecule has 0 N–H and O–H groups in total. The first kappa shape index (κ1) is 11.5. The summed E-state index contributed by atoms with van der Waals surface area (Å²) in [7, 11) is 1.79. The lowest BCUT2D eigenvalue weighted by atomic mass is 9.92. The number of azide groups is 1. The highest BCUT2D eigenvalue weighted by Crippen LogP contribution is 2.25. The minimum absolute atomic E-state index is 0.109. The third-order valence-electron chi connectivity index (χ3n) is 3.10. The molecule has 0 aliphatic heterocycles. The first-order valence-corrected chi connectivity index (χ1v) is 5.59. The van der Waals surface area contributed by atoms with Gasteiger partial charge in [-0.2, -0.15) is 0 Å². The summed E-state index contributed by atoms with van der Waals surface area (Å²) in [6.45, 7) is 0.136. The Morgan fingerprint density at radius 3 is 3.00 bits per heavy atom.